The molecule has 266 valence electrons. The van der Waals surface area contributed by atoms with Crippen LogP contribution in [0.4, 0.5) is 0 Å². The summed E-state index contributed by atoms with van der Waals surface area (Å²) in [5, 5.41) is 5.30. The SMILES string of the molecule is c1ccc(-c2nc(-c3ccc4c(c3)oc3ccccc34)nc(-c3cccc4sc5cc(-c6nc(-c7ccccc7)c7oc8ccccc8c7n6)ccc5c34)n2)cc1. The lowest BCUT2D eigenvalue weighted by Gasteiger charge is -2.10. The number of rotatable bonds is 5. The van der Waals surface area contributed by atoms with E-state index in [4.69, 9.17) is 33.8 Å². The van der Waals surface area contributed by atoms with E-state index < -0.39 is 0 Å². The number of thiophene rings is 1. The number of nitrogens with zero attached hydrogens (tertiary/aromatic N) is 5. The van der Waals surface area contributed by atoms with Gasteiger partial charge in [0.05, 0.1) is 0 Å². The summed E-state index contributed by atoms with van der Waals surface area (Å²) in [4.78, 5) is 25.6. The summed E-state index contributed by atoms with van der Waals surface area (Å²) >= 11 is 1.73. The molecule has 57 heavy (non-hydrogen) atoms. The number of furan rings is 2. The van der Waals surface area contributed by atoms with Crippen molar-refractivity contribution in [2.45, 2.75) is 0 Å². The average Bonchev–Trinajstić information content (AvgIpc) is 3.97. The molecular weight excluding hydrogens is 723 g/mol. The van der Waals surface area contributed by atoms with Gasteiger partial charge in [0.15, 0.2) is 28.9 Å². The molecule has 0 N–H and O–H groups in total. The van der Waals surface area contributed by atoms with Gasteiger partial charge in [0.2, 0.25) is 0 Å². The smallest absolute Gasteiger partial charge is 0.180 e. The van der Waals surface area contributed by atoms with Gasteiger partial charge in [-0.05, 0) is 42.5 Å². The number of aromatic nitrogens is 5. The molecule has 7 nitrogen and oxygen atoms in total. The van der Waals surface area contributed by atoms with Crippen LogP contribution in [0.1, 0.15) is 0 Å². The average molecular weight is 750 g/mol. The van der Waals surface area contributed by atoms with Crippen molar-refractivity contribution in [1.82, 2.24) is 24.9 Å². The Bertz CT molecular complexity index is 3540. The quantitative estimate of drug-likeness (QED) is 0.173. The third-order valence-electron chi connectivity index (χ3n) is 10.6. The van der Waals surface area contributed by atoms with Crippen molar-refractivity contribution in [1.29, 1.82) is 0 Å². The van der Waals surface area contributed by atoms with Gasteiger partial charge < -0.3 is 8.83 Å². The highest BCUT2D eigenvalue weighted by Gasteiger charge is 2.21. The maximum absolute atomic E-state index is 6.35. The van der Waals surface area contributed by atoms with E-state index in [1.165, 1.54) is 0 Å². The highest BCUT2D eigenvalue weighted by molar-refractivity contribution is 7.26. The first kappa shape index (κ1) is 31.8. The molecule has 0 aliphatic heterocycles. The first-order chi connectivity index (χ1) is 28.2. The molecule has 0 amide bonds. The molecule has 0 aliphatic rings. The second-order valence-electron chi connectivity index (χ2n) is 14.0. The summed E-state index contributed by atoms with van der Waals surface area (Å²) in [6.45, 7) is 0. The van der Waals surface area contributed by atoms with Crippen molar-refractivity contribution < 1.29 is 8.83 Å². The van der Waals surface area contributed by atoms with Crippen LogP contribution in [0.25, 0.3) is 121 Å². The second-order valence-corrected chi connectivity index (χ2v) is 15.1. The predicted molar refractivity (Wildman–Crippen MR) is 230 cm³/mol. The summed E-state index contributed by atoms with van der Waals surface area (Å²) in [5.74, 6) is 2.43. The molecular formula is C49H27N5O2S. The standard InChI is InChI=1S/C49H27N5O2S/c1-3-12-28(13-4-1)43-45-44(34-17-8-10-20-38(34)56-45)51-47(50-43)31-23-25-35-41(27-31)57-40-21-11-18-36(42(35)40)49-53-46(29-14-5-2-6-15-29)52-48(54-49)30-22-24-33-32-16-7-9-19-37(32)55-39(33)26-30/h1-27H. The normalized spacial score (nSPS) is 11.9. The van der Waals surface area contributed by atoms with E-state index in [1.54, 1.807) is 11.3 Å². The molecule has 7 aromatic carbocycles. The van der Waals surface area contributed by atoms with E-state index in [0.717, 1.165) is 92.1 Å². The van der Waals surface area contributed by atoms with Crippen molar-refractivity contribution >= 4 is 75.5 Å². The lowest BCUT2D eigenvalue weighted by Crippen LogP contribution is -2.00. The van der Waals surface area contributed by atoms with Crippen LogP contribution in [-0.4, -0.2) is 24.9 Å². The summed E-state index contributed by atoms with van der Waals surface area (Å²) in [6, 6.07) is 55.3. The molecule has 5 aromatic heterocycles. The zero-order chi connectivity index (χ0) is 37.5. The van der Waals surface area contributed by atoms with Gasteiger partial charge in [0.1, 0.15) is 28.0 Å². The fraction of sp³-hybridized carbons (Fsp3) is 0. The van der Waals surface area contributed by atoms with Crippen LogP contribution in [0.2, 0.25) is 0 Å². The fourth-order valence-corrected chi connectivity index (χ4v) is 9.04. The van der Waals surface area contributed by atoms with E-state index in [0.29, 0.717) is 28.9 Å². The zero-order valence-electron chi connectivity index (χ0n) is 30.0. The minimum atomic E-state index is 0.577. The summed E-state index contributed by atoms with van der Waals surface area (Å²) in [5.41, 5.74) is 9.28. The molecule has 0 bridgehead atoms. The van der Waals surface area contributed by atoms with Crippen LogP contribution in [0, 0.1) is 0 Å². The third-order valence-corrected chi connectivity index (χ3v) is 11.7. The molecule has 8 heteroatoms. The summed E-state index contributed by atoms with van der Waals surface area (Å²) in [7, 11) is 0. The van der Waals surface area contributed by atoms with Gasteiger partial charge in [-0.2, -0.15) is 0 Å². The Morgan fingerprint density at radius 1 is 0.368 bits per heavy atom. The number of hydrogen-bond acceptors (Lipinski definition) is 8. The van der Waals surface area contributed by atoms with Crippen molar-refractivity contribution in [3.05, 3.63) is 164 Å². The Balaban J connectivity index is 1.03. The highest BCUT2D eigenvalue weighted by atomic mass is 32.1. The minimum Gasteiger partial charge on any atom is -0.456 e. The molecule has 0 unspecified atom stereocenters. The number of benzene rings is 7. The Labute approximate surface area is 328 Å². The van der Waals surface area contributed by atoms with Gasteiger partial charge in [-0.25, -0.2) is 24.9 Å². The van der Waals surface area contributed by atoms with Gasteiger partial charge in [-0.1, -0.05) is 121 Å². The van der Waals surface area contributed by atoms with Gasteiger partial charge in [-0.3, -0.25) is 0 Å². The molecule has 12 aromatic rings. The van der Waals surface area contributed by atoms with Crippen molar-refractivity contribution in [2.75, 3.05) is 0 Å². The van der Waals surface area contributed by atoms with E-state index in [2.05, 4.69) is 72.8 Å². The third kappa shape index (κ3) is 5.15. The molecule has 0 aliphatic carbocycles. The van der Waals surface area contributed by atoms with Crippen molar-refractivity contribution in [3.8, 4) is 56.8 Å². The van der Waals surface area contributed by atoms with Crippen molar-refractivity contribution in [3.63, 3.8) is 0 Å². The maximum atomic E-state index is 6.35. The van der Waals surface area contributed by atoms with Crippen LogP contribution < -0.4 is 0 Å². The van der Waals surface area contributed by atoms with Crippen LogP contribution in [0.5, 0.6) is 0 Å². The van der Waals surface area contributed by atoms with Crippen LogP contribution in [0.3, 0.4) is 0 Å². The summed E-state index contributed by atoms with van der Waals surface area (Å²) in [6.07, 6.45) is 0. The van der Waals surface area contributed by atoms with E-state index in [9.17, 15) is 0 Å². The Morgan fingerprint density at radius 2 is 0.982 bits per heavy atom. The van der Waals surface area contributed by atoms with E-state index >= 15 is 0 Å². The second kappa shape index (κ2) is 12.5. The monoisotopic (exact) mass is 749 g/mol. The molecule has 0 fully saturated rings. The molecule has 12 rings (SSSR count). The zero-order valence-corrected chi connectivity index (χ0v) is 30.9. The Morgan fingerprint density at radius 3 is 1.79 bits per heavy atom. The van der Waals surface area contributed by atoms with Gasteiger partial charge >= 0.3 is 0 Å². The Kier molecular flexibility index (Phi) is 6.96. The van der Waals surface area contributed by atoms with E-state index in [-0.39, 0.29) is 0 Å². The van der Waals surface area contributed by atoms with Crippen LogP contribution in [-0.2, 0) is 0 Å². The lowest BCUT2D eigenvalue weighted by molar-refractivity contribution is 0.667. The highest BCUT2D eigenvalue weighted by Crippen LogP contribution is 2.42. The fourth-order valence-electron chi connectivity index (χ4n) is 7.87. The molecule has 0 saturated heterocycles. The van der Waals surface area contributed by atoms with Crippen LogP contribution in [0.15, 0.2) is 173 Å². The number of fused-ring (bicyclic) bond motifs is 9. The van der Waals surface area contributed by atoms with Gasteiger partial charge in [0, 0.05) is 64.1 Å². The van der Waals surface area contributed by atoms with Gasteiger partial charge in [0.25, 0.3) is 0 Å². The Hall–Kier alpha value is -7.55. The number of para-hydroxylation sites is 2. The maximum Gasteiger partial charge on any atom is 0.180 e. The molecule has 0 spiro atoms. The summed E-state index contributed by atoms with van der Waals surface area (Å²) < 4.78 is 14.9. The molecule has 0 atom stereocenters. The van der Waals surface area contributed by atoms with Crippen LogP contribution >= 0.6 is 11.3 Å². The first-order valence-electron chi connectivity index (χ1n) is 18.7. The molecule has 5 heterocycles. The van der Waals surface area contributed by atoms with Gasteiger partial charge in [-0.15, -0.1) is 11.3 Å². The minimum absolute atomic E-state index is 0.577. The van der Waals surface area contributed by atoms with E-state index in [1.807, 2.05) is 91.0 Å². The topological polar surface area (TPSA) is 90.7 Å². The predicted octanol–water partition coefficient (Wildman–Crippen LogP) is 13.2. The lowest BCUT2D eigenvalue weighted by atomic mass is 10.0. The largest absolute Gasteiger partial charge is 0.456 e. The number of hydrogen-bond donors (Lipinski definition) is 0. The molecule has 0 saturated carbocycles. The first-order valence-corrected chi connectivity index (χ1v) is 19.5. The molecule has 0 radical (unpaired) electrons. The van der Waals surface area contributed by atoms with Crippen molar-refractivity contribution in [2.24, 2.45) is 0 Å².